The molecule has 0 aliphatic rings. The van der Waals surface area contributed by atoms with Crippen LogP contribution in [0.1, 0.15) is 0 Å². The van der Waals surface area contributed by atoms with Gasteiger partial charge in [0.1, 0.15) is 0 Å². The van der Waals surface area contributed by atoms with E-state index in [9.17, 15) is 0 Å². The van der Waals surface area contributed by atoms with Gasteiger partial charge >= 0.3 is 35.3 Å². The summed E-state index contributed by atoms with van der Waals surface area (Å²) in [4.78, 5) is 0. The molecule has 7 heteroatoms. The Balaban J connectivity index is 0. The standard InChI is InChI=1S/C4H10N2O2.2ClH.Pt/c5-3(1-7)4(6)2-8;;;/h3-8H,1-2H2;2*1H;/q-2;;;+4/p-2. The second kappa shape index (κ2) is 11.1. The molecule has 11 heavy (non-hydrogen) atoms. The number of halogens is 2. The normalized spacial score (nSPS) is 15.1. The molecule has 0 bridgehead atoms. The third-order valence-corrected chi connectivity index (χ3v) is 0.879. The van der Waals surface area contributed by atoms with Gasteiger partial charge in [0.2, 0.25) is 0 Å². The van der Waals surface area contributed by atoms with Crippen molar-refractivity contribution in [2.45, 2.75) is 12.1 Å². The first-order chi connectivity index (χ1) is 5.13. The van der Waals surface area contributed by atoms with E-state index in [0.717, 1.165) is 0 Å². The van der Waals surface area contributed by atoms with Crippen LogP contribution < -0.4 is 0 Å². The maximum Gasteiger partial charge on any atom is 0.0256 e. The Kier molecular flexibility index (Phi) is 14.8. The summed E-state index contributed by atoms with van der Waals surface area (Å²) in [5.74, 6) is 0. The number of rotatable bonds is 3. The molecular formula is C4H10Cl2N2O2Pt. The van der Waals surface area contributed by atoms with Gasteiger partial charge in [-0.2, -0.15) is 0 Å². The summed E-state index contributed by atoms with van der Waals surface area (Å²) in [5, 5.41) is 16.4. The predicted octanol–water partition coefficient (Wildman–Crippen LogP) is 1.19. The molecule has 72 valence electrons. The first-order valence-corrected chi connectivity index (χ1v) is 8.23. The van der Waals surface area contributed by atoms with Crippen LogP contribution in [0.25, 0.3) is 11.5 Å². The number of hydrogen-bond acceptors (Lipinski definition) is 2. The van der Waals surface area contributed by atoms with Crippen LogP contribution in [-0.2, 0) is 16.5 Å². The van der Waals surface area contributed by atoms with Crippen molar-refractivity contribution in [3.63, 3.8) is 0 Å². The van der Waals surface area contributed by atoms with Crippen molar-refractivity contribution in [3.8, 4) is 0 Å². The van der Waals surface area contributed by atoms with Crippen LogP contribution in [0.5, 0.6) is 0 Å². The van der Waals surface area contributed by atoms with Crippen molar-refractivity contribution in [2.24, 2.45) is 0 Å². The van der Waals surface area contributed by atoms with Gasteiger partial charge in [0, 0.05) is 13.2 Å². The number of nitrogens with one attached hydrogen (secondary N) is 2. The first kappa shape index (κ1) is 14.6. The Bertz CT molecular complexity index is 73.1. The van der Waals surface area contributed by atoms with Crippen molar-refractivity contribution in [1.29, 1.82) is 0 Å². The van der Waals surface area contributed by atoms with Crippen molar-refractivity contribution >= 4 is 18.8 Å². The summed E-state index contributed by atoms with van der Waals surface area (Å²) in [6.07, 6.45) is 0. The van der Waals surface area contributed by atoms with Crippen molar-refractivity contribution < 1.29 is 26.7 Å². The second-order valence-electron chi connectivity index (χ2n) is 1.62. The average molecular weight is 384 g/mol. The molecule has 0 fully saturated rings. The first-order valence-electron chi connectivity index (χ1n) is 2.60. The maximum absolute atomic E-state index is 8.22. The molecule has 0 radical (unpaired) electrons. The number of hydrogen-bond donors (Lipinski definition) is 2. The second-order valence-corrected chi connectivity index (χ2v) is 4.91. The summed E-state index contributed by atoms with van der Waals surface area (Å²) in [5.41, 5.74) is 13.7. The quantitative estimate of drug-likeness (QED) is 0.766. The van der Waals surface area contributed by atoms with Crippen LogP contribution in [0, 0.1) is 0 Å². The Morgan fingerprint density at radius 3 is 1.36 bits per heavy atom. The van der Waals surface area contributed by atoms with Gasteiger partial charge in [-0.3, -0.25) is 0 Å². The van der Waals surface area contributed by atoms with Crippen molar-refractivity contribution in [2.75, 3.05) is 13.2 Å². The van der Waals surface area contributed by atoms with E-state index in [1.54, 1.807) is 0 Å². The van der Waals surface area contributed by atoms with E-state index < -0.39 is 28.6 Å². The fourth-order valence-electron chi connectivity index (χ4n) is 0.254. The van der Waals surface area contributed by atoms with Crippen LogP contribution in [0.2, 0.25) is 0 Å². The molecule has 0 amide bonds. The van der Waals surface area contributed by atoms with E-state index in [1.807, 2.05) is 0 Å². The van der Waals surface area contributed by atoms with Gasteiger partial charge in [-0.15, -0.1) is 12.1 Å². The van der Waals surface area contributed by atoms with Crippen LogP contribution in [0.3, 0.4) is 0 Å². The Morgan fingerprint density at radius 1 is 1.09 bits per heavy atom. The SMILES string of the molecule is [Cl][Pt+2][Cl].[NH-]C(CO)C([NH-])CO. The fraction of sp³-hybridized carbons (Fsp3) is 1.00. The van der Waals surface area contributed by atoms with E-state index >= 15 is 0 Å². The van der Waals surface area contributed by atoms with Crippen molar-refractivity contribution in [3.05, 3.63) is 11.5 Å². The van der Waals surface area contributed by atoms with E-state index in [1.165, 1.54) is 0 Å². The zero-order valence-corrected chi connectivity index (χ0v) is 9.32. The molecule has 2 atom stereocenters. The van der Waals surface area contributed by atoms with Crippen LogP contribution in [0.15, 0.2) is 0 Å². The van der Waals surface area contributed by atoms with Gasteiger partial charge < -0.3 is 21.7 Å². The third-order valence-electron chi connectivity index (χ3n) is 0.879. The molecule has 0 aromatic carbocycles. The largest absolute Gasteiger partial charge is 0.674 e. The zero-order chi connectivity index (χ0) is 9.28. The van der Waals surface area contributed by atoms with Gasteiger partial charge in [0.25, 0.3) is 0 Å². The number of aliphatic hydroxyl groups excluding tert-OH is 2. The molecule has 0 spiro atoms. The number of aliphatic hydroxyl groups is 2. The monoisotopic (exact) mass is 383 g/mol. The van der Waals surface area contributed by atoms with E-state index in [2.05, 4.69) is 0 Å². The Labute approximate surface area is 82.2 Å². The minimum absolute atomic E-state index is 0.352. The molecule has 0 saturated carbocycles. The summed E-state index contributed by atoms with van der Waals surface area (Å²) >= 11 is -0.472. The summed E-state index contributed by atoms with van der Waals surface area (Å²) in [7, 11) is 9.75. The Morgan fingerprint density at radius 2 is 1.27 bits per heavy atom. The third kappa shape index (κ3) is 11.1. The van der Waals surface area contributed by atoms with Crippen molar-refractivity contribution in [1.82, 2.24) is 0 Å². The topological polar surface area (TPSA) is 88.1 Å². The van der Waals surface area contributed by atoms with E-state index in [-0.39, 0.29) is 13.2 Å². The predicted molar refractivity (Wildman–Crippen MR) is 42.1 cm³/mol. The molecule has 0 aromatic rings. The van der Waals surface area contributed by atoms with Crippen LogP contribution in [0.4, 0.5) is 0 Å². The average Bonchev–Trinajstić information content (AvgIpc) is 2.03. The van der Waals surface area contributed by atoms with Gasteiger partial charge in [0.05, 0.1) is 0 Å². The van der Waals surface area contributed by atoms with Crippen LogP contribution in [-0.4, -0.2) is 35.5 Å². The minimum atomic E-state index is -0.861. The van der Waals surface area contributed by atoms with E-state index in [0.29, 0.717) is 0 Å². The molecule has 0 rings (SSSR count). The van der Waals surface area contributed by atoms with E-state index in [4.69, 9.17) is 40.5 Å². The van der Waals surface area contributed by atoms with Gasteiger partial charge in [0.15, 0.2) is 0 Å². The molecule has 0 saturated heterocycles. The molecule has 0 heterocycles. The van der Waals surface area contributed by atoms with Gasteiger partial charge in [-0.25, -0.2) is 0 Å². The zero-order valence-electron chi connectivity index (χ0n) is 5.54. The Hall–Kier alpha value is 1.11. The molecule has 0 aromatic heterocycles. The summed E-state index contributed by atoms with van der Waals surface area (Å²) in [6, 6.07) is -1.72. The minimum Gasteiger partial charge on any atom is -0.674 e. The molecule has 4 N–H and O–H groups in total. The molecule has 4 nitrogen and oxygen atoms in total. The molecule has 2 unspecified atom stereocenters. The summed E-state index contributed by atoms with van der Waals surface area (Å²) in [6.45, 7) is -0.705. The molecule has 0 aliphatic carbocycles. The molecule has 0 aliphatic heterocycles. The van der Waals surface area contributed by atoms with Crippen LogP contribution >= 0.6 is 18.8 Å². The molecular weight excluding hydrogens is 374 g/mol. The fourth-order valence-corrected chi connectivity index (χ4v) is 0.254. The summed E-state index contributed by atoms with van der Waals surface area (Å²) < 4.78 is 0. The maximum atomic E-state index is 8.22. The smallest absolute Gasteiger partial charge is 0.0256 e. The van der Waals surface area contributed by atoms with Gasteiger partial charge in [-0.1, -0.05) is 0 Å². The van der Waals surface area contributed by atoms with Gasteiger partial charge in [-0.05, 0) is 0 Å².